The van der Waals surface area contributed by atoms with Crippen LogP contribution in [0, 0.1) is 17.2 Å². The number of hydrogen-bond donors (Lipinski definition) is 0. The number of carbonyl (C=O) groups excluding carboxylic acids is 1. The summed E-state index contributed by atoms with van der Waals surface area (Å²) in [5.74, 6) is -6.92. The van der Waals surface area contributed by atoms with Gasteiger partial charge in [0.2, 0.25) is 11.8 Å². The van der Waals surface area contributed by atoms with Gasteiger partial charge >= 0.3 is 5.92 Å². The van der Waals surface area contributed by atoms with Crippen molar-refractivity contribution in [2.24, 2.45) is 11.3 Å². The monoisotopic (exact) mass is 603 g/mol. The third-order valence-corrected chi connectivity index (χ3v) is 9.59. The second kappa shape index (κ2) is 9.86. The van der Waals surface area contributed by atoms with Gasteiger partial charge in [-0.05, 0) is 96.8 Å². The zero-order chi connectivity index (χ0) is 27.3. The Labute approximate surface area is 226 Å². The van der Waals surface area contributed by atoms with Gasteiger partial charge in [-0.2, -0.15) is 13.8 Å². The number of rotatable bonds is 7. The smallest absolute Gasteiger partial charge is 0.322 e. The molecule has 4 aliphatic rings. The number of nitrogens with zero attached hydrogens (tertiary/aromatic N) is 3. The normalized spacial score (nSPS) is 27.4. The Morgan fingerprint density at radius 1 is 1.11 bits per heavy atom. The van der Waals surface area contributed by atoms with Crippen LogP contribution in [0.2, 0.25) is 0 Å². The zero-order valence-electron chi connectivity index (χ0n) is 21.2. The molecular weight excluding hydrogens is 573 g/mol. The summed E-state index contributed by atoms with van der Waals surface area (Å²) in [5.41, 5.74) is -0.0521. The molecule has 2 bridgehead atoms. The van der Waals surface area contributed by atoms with E-state index >= 15 is 0 Å². The highest BCUT2D eigenvalue weighted by Gasteiger charge is 2.53. The van der Waals surface area contributed by atoms with Gasteiger partial charge in [-0.15, -0.1) is 0 Å². The predicted molar refractivity (Wildman–Crippen MR) is 134 cm³/mol. The van der Waals surface area contributed by atoms with Crippen LogP contribution < -0.4 is 4.90 Å². The average molecular weight is 604 g/mol. The molecule has 1 heterocycles. The summed E-state index contributed by atoms with van der Waals surface area (Å²) in [6, 6.07) is 4.47. The van der Waals surface area contributed by atoms with Gasteiger partial charge in [-0.3, -0.25) is 4.79 Å². The number of aromatic nitrogens is 2. The van der Waals surface area contributed by atoms with Crippen molar-refractivity contribution in [2.45, 2.75) is 94.8 Å². The molecule has 2 aromatic rings. The molecule has 0 saturated heterocycles. The first kappa shape index (κ1) is 27.5. The number of fused-ring (bicyclic) bond motifs is 3. The molecule has 1 aromatic carbocycles. The van der Waals surface area contributed by atoms with Crippen LogP contribution in [0.5, 0.6) is 0 Å². The van der Waals surface area contributed by atoms with Crippen molar-refractivity contribution >= 4 is 27.5 Å². The Morgan fingerprint density at radius 3 is 2.29 bits per heavy atom. The molecule has 4 aliphatic carbocycles. The minimum Gasteiger partial charge on any atom is -0.333 e. The molecule has 0 spiro atoms. The molecule has 0 atom stereocenters. The molecule has 1 aromatic heterocycles. The van der Waals surface area contributed by atoms with Crippen molar-refractivity contribution in [3.05, 3.63) is 40.2 Å². The van der Waals surface area contributed by atoms with Crippen LogP contribution in [0.25, 0.3) is 0 Å². The number of carbonyl (C=O) groups is 1. The number of amides is 1. The molecular formula is C27H31BrF5N3O2. The molecule has 1 amide bonds. The summed E-state index contributed by atoms with van der Waals surface area (Å²) in [4.78, 5) is 19.4. The van der Waals surface area contributed by atoms with Gasteiger partial charge < -0.3 is 9.42 Å². The van der Waals surface area contributed by atoms with Gasteiger partial charge in [0.05, 0.1) is 4.47 Å². The third kappa shape index (κ3) is 5.49. The maximum atomic E-state index is 14.0. The fraction of sp³-hybridized carbons (Fsp3) is 0.667. The topological polar surface area (TPSA) is 59.2 Å². The maximum Gasteiger partial charge on any atom is 0.322 e. The molecule has 4 saturated carbocycles. The van der Waals surface area contributed by atoms with Crippen LogP contribution in [0.3, 0.4) is 0 Å². The van der Waals surface area contributed by atoms with Crippen LogP contribution >= 0.6 is 15.9 Å². The standard InChI is InChI=1S/C27H31BrF5N3O2/c1-24(30,31)23-34-22(35-38-23)26-11-8-25(9-12-26,10-13-26)16-36(18-2-3-20(29)19(28)15-18)21(37)14-17-4-6-27(32,33)7-5-17/h2-3,15,17H,4-14,16H2,1H3. The first-order chi connectivity index (χ1) is 17.8. The van der Waals surface area contributed by atoms with Crippen molar-refractivity contribution in [2.75, 3.05) is 11.4 Å². The second-order valence-corrected chi connectivity index (χ2v) is 12.5. The summed E-state index contributed by atoms with van der Waals surface area (Å²) in [7, 11) is 0. The Morgan fingerprint density at radius 2 is 1.74 bits per heavy atom. The van der Waals surface area contributed by atoms with E-state index in [-0.39, 0.29) is 41.0 Å². The number of benzene rings is 1. The Balaban J connectivity index is 1.33. The van der Waals surface area contributed by atoms with Crippen LogP contribution in [0.4, 0.5) is 27.6 Å². The van der Waals surface area contributed by atoms with E-state index in [1.54, 1.807) is 17.0 Å². The van der Waals surface area contributed by atoms with E-state index in [2.05, 4.69) is 26.1 Å². The van der Waals surface area contributed by atoms with Gasteiger partial charge in [0.1, 0.15) is 5.82 Å². The van der Waals surface area contributed by atoms with Gasteiger partial charge in [0, 0.05) is 43.8 Å². The van der Waals surface area contributed by atoms with E-state index < -0.39 is 29.0 Å². The zero-order valence-corrected chi connectivity index (χ0v) is 22.8. The molecule has 5 nitrogen and oxygen atoms in total. The van der Waals surface area contributed by atoms with Crippen LogP contribution in [0.1, 0.15) is 89.3 Å². The molecule has 6 rings (SSSR count). The van der Waals surface area contributed by atoms with Gasteiger partial charge in [0.15, 0.2) is 5.82 Å². The lowest BCUT2D eigenvalue weighted by molar-refractivity contribution is -0.121. The van der Waals surface area contributed by atoms with Gasteiger partial charge in [-0.25, -0.2) is 13.2 Å². The van der Waals surface area contributed by atoms with E-state index in [0.29, 0.717) is 50.2 Å². The fourth-order valence-electron chi connectivity index (χ4n) is 6.43. The van der Waals surface area contributed by atoms with Crippen molar-refractivity contribution in [1.82, 2.24) is 10.1 Å². The van der Waals surface area contributed by atoms with E-state index in [4.69, 9.17) is 4.52 Å². The van der Waals surface area contributed by atoms with E-state index in [1.807, 2.05) is 0 Å². The third-order valence-electron chi connectivity index (χ3n) is 8.99. The summed E-state index contributed by atoms with van der Waals surface area (Å²) < 4.78 is 73.8. The Hall–Kier alpha value is -2.04. The fourth-order valence-corrected chi connectivity index (χ4v) is 6.79. The highest BCUT2D eigenvalue weighted by atomic mass is 79.9. The summed E-state index contributed by atoms with van der Waals surface area (Å²) >= 11 is 3.21. The van der Waals surface area contributed by atoms with E-state index in [1.165, 1.54) is 6.07 Å². The van der Waals surface area contributed by atoms with Gasteiger partial charge in [-0.1, -0.05) is 5.16 Å². The first-order valence-electron chi connectivity index (χ1n) is 13.2. The number of anilines is 1. The molecule has 0 unspecified atom stereocenters. The Bertz CT molecular complexity index is 1160. The molecule has 0 N–H and O–H groups in total. The van der Waals surface area contributed by atoms with Gasteiger partial charge in [0.25, 0.3) is 5.89 Å². The first-order valence-corrected chi connectivity index (χ1v) is 14.0. The lowest BCUT2D eigenvalue weighted by atomic mass is 9.53. The second-order valence-electron chi connectivity index (χ2n) is 11.7. The largest absolute Gasteiger partial charge is 0.333 e. The predicted octanol–water partition coefficient (Wildman–Crippen LogP) is 7.92. The quantitative estimate of drug-likeness (QED) is 0.302. The SMILES string of the molecule is CC(F)(F)c1nc(C23CCC(CN(C(=O)CC4CCC(F)(F)CC4)c4ccc(F)c(Br)c4)(CC2)CC3)no1. The van der Waals surface area contributed by atoms with Crippen LogP contribution in [0.15, 0.2) is 27.2 Å². The average Bonchev–Trinajstić information content (AvgIpc) is 3.39. The minimum atomic E-state index is -3.20. The van der Waals surface area contributed by atoms with Crippen LogP contribution in [-0.2, 0) is 16.1 Å². The van der Waals surface area contributed by atoms with Crippen molar-refractivity contribution in [3.63, 3.8) is 0 Å². The minimum absolute atomic E-state index is 0.111. The molecule has 38 heavy (non-hydrogen) atoms. The number of halogens is 6. The van der Waals surface area contributed by atoms with E-state index in [0.717, 1.165) is 26.2 Å². The molecule has 208 valence electrons. The van der Waals surface area contributed by atoms with Crippen molar-refractivity contribution < 1.29 is 31.3 Å². The summed E-state index contributed by atoms with van der Waals surface area (Å²) in [5, 5.41) is 3.90. The molecule has 11 heteroatoms. The summed E-state index contributed by atoms with van der Waals surface area (Å²) in [6.45, 7) is 1.15. The van der Waals surface area contributed by atoms with Crippen molar-refractivity contribution in [3.8, 4) is 0 Å². The van der Waals surface area contributed by atoms with E-state index in [9.17, 15) is 26.7 Å². The highest BCUT2D eigenvalue weighted by Crippen LogP contribution is 2.58. The number of hydrogen-bond acceptors (Lipinski definition) is 4. The molecule has 4 fully saturated rings. The highest BCUT2D eigenvalue weighted by molar-refractivity contribution is 9.10. The Kier molecular flexibility index (Phi) is 7.14. The molecule has 0 radical (unpaired) electrons. The van der Waals surface area contributed by atoms with Crippen LogP contribution in [-0.4, -0.2) is 28.5 Å². The summed E-state index contributed by atoms with van der Waals surface area (Å²) in [6.07, 6.45) is 4.68. The maximum absolute atomic E-state index is 14.0. The lowest BCUT2D eigenvalue weighted by Gasteiger charge is -2.53. The number of alkyl halides is 4. The molecule has 0 aliphatic heterocycles. The lowest BCUT2D eigenvalue weighted by Crippen LogP contribution is -2.51. The van der Waals surface area contributed by atoms with Crippen molar-refractivity contribution in [1.29, 1.82) is 0 Å².